The molecule has 1 fully saturated rings. The Morgan fingerprint density at radius 1 is 1.08 bits per heavy atom. The highest BCUT2D eigenvalue weighted by Crippen LogP contribution is 2.38. The maximum Gasteiger partial charge on any atom is 0.142 e. The molecule has 1 aliphatic carbocycles. The number of halogens is 1. The highest BCUT2D eigenvalue weighted by atomic mass is 35.5. The van der Waals surface area contributed by atoms with Gasteiger partial charge in [-0.1, -0.05) is 71.7 Å². The SMILES string of the molecule is CNC1(c2ccccc2Cl)CCCCC1=NOCc1ccccc1. The fourth-order valence-electron chi connectivity index (χ4n) is 3.42. The molecule has 126 valence electrons. The third-order valence-corrected chi connectivity index (χ3v) is 5.05. The molecule has 4 heteroatoms. The van der Waals surface area contributed by atoms with E-state index in [9.17, 15) is 0 Å². The number of oxime groups is 1. The molecule has 2 aromatic carbocycles. The fraction of sp³-hybridized carbons (Fsp3) is 0.350. The summed E-state index contributed by atoms with van der Waals surface area (Å²) in [5.41, 5.74) is 2.88. The van der Waals surface area contributed by atoms with Gasteiger partial charge >= 0.3 is 0 Å². The van der Waals surface area contributed by atoms with E-state index in [-0.39, 0.29) is 5.54 Å². The number of hydrogen-bond acceptors (Lipinski definition) is 3. The molecule has 0 radical (unpaired) electrons. The van der Waals surface area contributed by atoms with E-state index in [1.54, 1.807) is 0 Å². The summed E-state index contributed by atoms with van der Waals surface area (Å²) in [4.78, 5) is 5.68. The van der Waals surface area contributed by atoms with Gasteiger partial charge in [0.05, 0.1) is 11.3 Å². The lowest BCUT2D eigenvalue weighted by Crippen LogP contribution is -2.49. The maximum atomic E-state index is 6.49. The van der Waals surface area contributed by atoms with E-state index < -0.39 is 0 Å². The number of benzene rings is 2. The quantitative estimate of drug-likeness (QED) is 0.784. The molecule has 1 atom stereocenters. The molecule has 3 rings (SSSR count). The van der Waals surface area contributed by atoms with Crippen molar-refractivity contribution in [1.29, 1.82) is 0 Å². The molecule has 1 saturated carbocycles. The summed E-state index contributed by atoms with van der Waals surface area (Å²) in [6.45, 7) is 0.479. The Kier molecular flexibility index (Phi) is 5.54. The average molecular weight is 343 g/mol. The van der Waals surface area contributed by atoms with Gasteiger partial charge in [0.2, 0.25) is 0 Å². The number of hydrogen-bond donors (Lipinski definition) is 1. The normalized spacial score (nSPS) is 22.5. The fourth-order valence-corrected chi connectivity index (χ4v) is 3.72. The Morgan fingerprint density at radius 2 is 1.83 bits per heavy atom. The van der Waals surface area contributed by atoms with Crippen LogP contribution in [-0.4, -0.2) is 12.8 Å². The van der Waals surface area contributed by atoms with E-state index in [0.717, 1.165) is 47.5 Å². The smallest absolute Gasteiger partial charge is 0.142 e. The first-order valence-corrected chi connectivity index (χ1v) is 8.81. The van der Waals surface area contributed by atoms with Crippen LogP contribution in [-0.2, 0) is 17.0 Å². The zero-order chi connectivity index (χ0) is 16.8. The van der Waals surface area contributed by atoms with E-state index in [2.05, 4.69) is 16.5 Å². The van der Waals surface area contributed by atoms with Crippen molar-refractivity contribution in [3.05, 3.63) is 70.7 Å². The van der Waals surface area contributed by atoms with Gasteiger partial charge in [0.25, 0.3) is 0 Å². The first kappa shape index (κ1) is 17.0. The lowest BCUT2D eigenvalue weighted by molar-refractivity contribution is 0.125. The van der Waals surface area contributed by atoms with Crippen LogP contribution in [0.5, 0.6) is 0 Å². The van der Waals surface area contributed by atoms with Crippen LogP contribution in [0.3, 0.4) is 0 Å². The second-order valence-electron chi connectivity index (χ2n) is 6.14. The van der Waals surface area contributed by atoms with Crippen LogP contribution in [0.4, 0.5) is 0 Å². The topological polar surface area (TPSA) is 33.6 Å². The Morgan fingerprint density at radius 3 is 2.58 bits per heavy atom. The Labute approximate surface area is 148 Å². The third kappa shape index (κ3) is 3.47. The lowest BCUT2D eigenvalue weighted by Gasteiger charge is -2.39. The predicted octanol–water partition coefficient (Wildman–Crippen LogP) is 4.90. The Balaban J connectivity index is 1.86. The molecule has 0 spiro atoms. The molecule has 1 unspecified atom stereocenters. The zero-order valence-corrected chi connectivity index (χ0v) is 14.7. The first-order valence-electron chi connectivity index (χ1n) is 8.43. The molecule has 0 aromatic heterocycles. The minimum absolute atomic E-state index is 0.340. The molecule has 2 aromatic rings. The van der Waals surface area contributed by atoms with Crippen LogP contribution in [0.15, 0.2) is 59.8 Å². The van der Waals surface area contributed by atoms with Gasteiger partial charge in [-0.15, -0.1) is 0 Å². The van der Waals surface area contributed by atoms with Crippen molar-refractivity contribution in [3.63, 3.8) is 0 Å². The van der Waals surface area contributed by atoms with Crippen LogP contribution >= 0.6 is 11.6 Å². The van der Waals surface area contributed by atoms with E-state index in [1.807, 2.05) is 55.6 Å². The number of rotatable bonds is 5. The highest BCUT2D eigenvalue weighted by Gasteiger charge is 2.40. The highest BCUT2D eigenvalue weighted by molar-refractivity contribution is 6.31. The van der Waals surface area contributed by atoms with Gasteiger partial charge in [0, 0.05) is 5.02 Å². The van der Waals surface area contributed by atoms with Crippen molar-refractivity contribution in [1.82, 2.24) is 5.32 Å². The molecule has 0 heterocycles. The van der Waals surface area contributed by atoms with Crippen molar-refractivity contribution in [2.45, 2.75) is 37.8 Å². The summed E-state index contributed by atoms with van der Waals surface area (Å²) in [5.74, 6) is 0. The summed E-state index contributed by atoms with van der Waals surface area (Å²) in [7, 11) is 1.97. The monoisotopic (exact) mass is 342 g/mol. The first-order chi connectivity index (χ1) is 11.8. The van der Waals surface area contributed by atoms with Crippen LogP contribution in [0, 0.1) is 0 Å². The molecule has 1 N–H and O–H groups in total. The molecule has 0 bridgehead atoms. The summed E-state index contributed by atoms with van der Waals surface area (Å²) in [5, 5.41) is 8.76. The van der Waals surface area contributed by atoms with Gasteiger partial charge in [-0.3, -0.25) is 0 Å². The maximum absolute atomic E-state index is 6.49. The average Bonchev–Trinajstić information content (AvgIpc) is 2.64. The third-order valence-electron chi connectivity index (χ3n) is 4.72. The van der Waals surface area contributed by atoms with Gasteiger partial charge in [-0.25, -0.2) is 0 Å². The minimum Gasteiger partial charge on any atom is -0.391 e. The van der Waals surface area contributed by atoms with Gasteiger partial charge in [0.15, 0.2) is 0 Å². The molecule has 24 heavy (non-hydrogen) atoms. The predicted molar refractivity (Wildman–Crippen MR) is 99.3 cm³/mol. The van der Waals surface area contributed by atoms with Gasteiger partial charge in [0.1, 0.15) is 6.61 Å². The molecule has 0 amide bonds. The van der Waals surface area contributed by atoms with Gasteiger partial charge in [-0.2, -0.15) is 0 Å². The molecular weight excluding hydrogens is 320 g/mol. The summed E-state index contributed by atoms with van der Waals surface area (Å²) >= 11 is 6.49. The van der Waals surface area contributed by atoms with Crippen molar-refractivity contribution < 1.29 is 4.84 Å². The molecule has 1 aliphatic rings. The Bertz CT molecular complexity index is 702. The van der Waals surface area contributed by atoms with Crippen LogP contribution in [0.1, 0.15) is 36.8 Å². The molecule has 0 saturated heterocycles. The van der Waals surface area contributed by atoms with Crippen molar-refractivity contribution in [2.75, 3.05) is 7.05 Å². The standard InChI is InChI=1S/C20H23ClN2O/c1-22-20(17-11-5-6-12-18(17)21)14-8-7-13-19(20)23-24-15-16-9-3-2-4-10-16/h2-6,9-12,22H,7-8,13-15H2,1H3. The van der Waals surface area contributed by atoms with E-state index in [1.165, 1.54) is 0 Å². The van der Waals surface area contributed by atoms with E-state index in [0.29, 0.717) is 6.61 Å². The largest absolute Gasteiger partial charge is 0.391 e. The summed E-state index contributed by atoms with van der Waals surface area (Å²) in [6, 6.07) is 18.1. The van der Waals surface area contributed by atoms with Crippen LogP contribution < -0.4 is 5.32 Å². The second kappa shape index (κ2) is 7.82. The molecule has 3 nitrogen and oxygen atoms in total. The number of nitrogens with one attached hydrogen (secondary N) is 1. The van der Waals surface area contributed by atoms with Gasteiger partial charge < -0.3 is 10.2 Å². The van der Waals surface area contributed by atoms with Gasteiger partial charge in [-0.05, 0) is 43.5 Å². The minimum atomic E-state index is -0.340. The van der Waals surface area contributed by atoms with Crippen molar-refractivity contribution in [2.24, 2.45) is 5.16 Å². The summed E-state index contributed by atoms with van der Waals surface area (Å²) < 4.78 is 0. The van der Waals surface area contributed by atoms with Crippen molar-refractivity contribution in [3.8, 4) is 0 Å². The summed E-state index contributed by atoms with van der Waals surface area (Å²) in [6.07, 6.45) is 4.16. The van der Waals surface area contributed by atoms with E-state index in [4.69, 9.17) is 16.4 Å². The van der Waals surface area contributed by atoms with E-state index >= 15 is 0 Å². The zero-order valence-electron chi connectivity index (χ0n) is 14.0. The van der Waals surface area contributed by atoms with Crippen LogP contribution in [0.2, 0.25) is 5.02 Å². The van der Waals surface area contributed by atoms with Crippen LogP contribution in [0.25, 0.3) is 0 Å². The second-order valence-corrected chi connectivity index (χ2v) is 6.55. The number of nitrogens with zero attached hydrogens (tertiary/aromatic N) is 1. The molecular formula is C20H23ClN2O. The van der Waals surface area contributed by atoms with Crippen molar-refractivity contribution >= 4 is 17.3 Å². The molecule has 0 aliphatic heterocycles. The lowest BCUT2D eigenvalue weighted by atomic mass is 9.75. The Hall–Kier alpha value is -1.84.